The number of pyridine rings is 1. The molecule has 0 saturated carbocycles. The van der Waals surface area contributed by atoms with E-state index in [1.165, 1.54) is 0 Å². The van der Waals surface area contributed by atoms with Crippen LogP contribution in [0.2, 0.25) is 0 Å². The van der Waals surface area contributed by atoms with Gasteiger partial charge in [-0.2, -0.15) is 0 Å². The van der Waals surface area contributed by atoms with Gasteiger partial charge in [0, 0.05) is 25.8 Å². The van der Waals surface area contributed by atoms with Crippen molar-refractivity contribution in [2.45, 2.75) is 26.3 Å². The summed E-state index contributed by atoms with van der Waals surface area (Å²) in [4.78, 5) is 20.3. The molecule has 1 amide bonds. The highest BCUT2D eigenvalue weighted by molar-refractivity contribution is 5.95. The van der Waals surface area contributed by atoms with E-state index in [1.807, 2.05) is 54.8 Å². The summed E-state index contributed by atoms with van der Waals surface area (Å²) >= 11 is 0. The molecule has 0 aliphatic carbocycles. The number of carbonyl (C=O) groups is 1. The minimum Gasteiger partial charge on any atom is -0.379 e. The molecule has 3 heterocycles. The Labute approximate surface area is 171 Å². The number of nitrogens with zero attached hydrogens (tertiary/aromatic N) is 3. The molecular weight excluding hydrogens is 364 g/mol. The number of nitrogens with one attached hydrogen (secondary N) is 1. The van der Waals surface area contributed by atoms with Crippen LogP contribution in [0.25, 0.3) is 5.65 Å². The Morgan fingerprint density at radius 3 is 2.66 bits per heavy atom. The maximum absolute atomic E-state index is 13.3. The van der Waals surface area contributed by atoms with E-state index in [0.717, 1.165) is 61.7 Å². The fourth-order valence-corrected chi connectivity index (χ4v) is 3.96. The fraction of sp³-hybridized carbons (Fsp3) is 0.391. The van der Waals surface area contributed by atoms with E-state index in [9.17, 15) is 4.79 Å². The Hall–Kier alpha value is -2.70. The topological polar surface area (TPSA) is 58.9 Å². The smallest absolute Gasteiger partial charge is 0.270 e. The molecule has 1 aliphatic rings. The third-order valence-corrected chi connectivity index (χ3v) is 5.58. The molecular formula is C23H28N4O2. The summed E-state index contributed by atoms with van der Waals surface area (Å²) < 4.78 is 7.34. The molecule has 2 aromatic heterocycles. The number of benzene rings is 1. The number of hydrogen-bond donors (Lipinski definition) is 1. The van der Waals surface area contributed by atoms with Gasteiger partial charge in [-0.25, -0.2) is 4.98 Å². The standard InChI is InChI=1S/C23H28N4O2/c1-17-7-6-11-27-21(18(2)24-22(17)27)23(28)25-20(19-8-4-3-5-9-19)10-12-26-13-15-29-16-14-26/h3-9,11,20H,10,12-16H2,1-2H3,(H,25,28). The maximum Gasteiger partial charge on any atom is 0.270 e. The molecule has 1 fully saturated rings. The monoisotopic (exact) mass is 392 g/mol. The molecule has 4 rings (SSSR count). The number of morpholine rings is 1. The number of aryl methyl sites for hydroxylation is 2. The first-order valence-corrected chi connectivity index (χ1v) is 10.2. The molecule has 0 spiro atoms. The highest BCUT2D eigenvalue weighted by Crippen LogP contribution is 2.20. The second-order valence-corrected chi connectivity index (χ2v) is 7.61. The van der Waals surface area contributed by atoms with Crippen LogP contribution in [0.15, 0.2) is 48.7 Å². The third kappa shape index (κ3) is 4.33. The van der Waals surface area contributed by atoms with Crippen LogP contribution in [0.5, 0.6) is 0 Å². The lowest BCUT2D eigenvalue weighted by atomic mass is 10.0. The molecule has 1 aromatic carbocycles. The lowest BCUT2D eigenvalue weighted by Crippen LogP contribution is -2.39. The number of carbonyl (C=O) groups excluding carboxylic acids is 1. The van der Waals surface area contributed by atoms with E-state index >= 15 is 0 Å². The molecule has 0 radical (unpaired) electrons. The van der Waals surface area contributed by atoms with Gasteiger partial charge in [0.1, 0.15) is 11.3 Å². The number of rotatable bonds is 6. The van der Waals surface area contributed by atoms with Gasteiger partial charge in [-0.1, -0.05) is 36.4 Å². The Bertz CT molecular complexity index is 977. The van der Waals surface area contributed by atoms with Crippen LogP contribution >= 0.6 is 0 Å². The zero-order valence-corrected chi connectivity index (χ0v) is 17.1. The van der Waals surface area contributed by atoms with E-state index in [1.54, 1.807) is 0 Å². The van der Waals surface area contributed by atoms with Crippen LogP contribution in [-0.4, -0.2) is 53.0 Å². The first-order valence-electron chi connectivity index (χ1n) is 10.2. The van der Waals surface area contributed by atoms with Gasteiger partial charge >= 0.3 is 0 Å². The molecule has 152 valence electrons. The van der Waals surface area contributed by atoms with Crippen LogP contribution in [0.4, 0.5) is 0 Å². The van der Waals surface area contributed by atoms with Crippen LogP contribution in [-0.2, 0) is 4.74 Å². The van der Waals surface area contributed by atoms with Crippen LogP contribution in [0.1, 0.15) is 39.8 Å². The number of hydrogen-bond acceptors (Lipinski definition) is 4. The number of imidazole rings is 1. The molecule has 6 nitrogen and oxygen atoms in total. The van der Waals surface area contributed by atoms with Gasteiger partial charge in [0.15, 0.2) is 0 Å². The minimum atomic E-state index is -0.0866. The average molecular weight is 393 g/mol. The van der Waals surface area contributed by atoms with E-state index in [2.05, 4.69) is 27.3 Å². The second kappa shape index (κ2) is 8.76. The van der Waals surface area contributed by atoms with Gasteiger partial charge in [0.05, 0.1) is 24.9 Å². The van der Waals surface area contributed by atoms with Crippen molar-refractivity contribution < 1.29 is 9.53 Å². The number of ether oxygens (including phenoxy) is 1. The number of fused-ring (bicyclic) bond motifs is 1. The molecule has 1 saturated heterocycles. The van der Waals surface area contributed by atoms with E-state index in [-0.39, 0.29) is 11.9 Å². The van der Waals surface area contributed by atoms with Crippen molar-refractivity contribution in [3.8, 4) is 0 Å². The van der Waals surface area contributed by atoms with Gasteiger partial charge in [-0.15, -0.1) is 0 Å². The van der Waals surface area contributed by atoms with Gasteiger partial charge in [0.25, 0.3) is 5.91 Å². The van der Waals surface area contributed by atoms with Crippen LogP contribution < -0.4 is 5.32 Å². The average Bonchev–Trinajstić information content (AvgIpc) is 3.10. The van der Waals surface area contributed by atoms with Crippen molar-refractivity contribution >= 4 is 11.6 Å². The second-order valence-electron chi connectivity index (χ2n) is 7.61. The van der Waals surface area contributed by atoms with E-state index in [4.69, 9.17) is 4.74 Å². The normalized spacial score (nSPS) is 16.1. The van der Waals surface area contributed by atoms with Gasteiger partial charge < -0.3 is 10.1 Å². The predicted molar refractivity (Wildman–Crippen MR) is 113 cm³/mol. The Morgan fingerprint density at radius 1 is 1.14 bits per heavy atom. The van der Waals surface area contributed by atoms with Crippen molar-refractivity contribution in [3.63, 3.8) is 0 Å². The first-order chi connectivity index (χ1) is 14.1. The predicted octanol–water partition coefficient (Wildman–Crippen LogP) is 3.14. The van der Waals surface area contributed by atoms with Crippen LogP contribution in [0, 0.1) is 13.8 Å². The summed E-state index contributed by atoms with van der Waals surface area (Å²) in [6.07, 6.45) is 2.76. The van der Waals surface area contributed by atoms with E-state index < -0.39 is 0 Å². The third-order valence-electron chi connectivity index (χ3n) is 5.58. The lowest BCUT2D eigenvalue weighted by molar-refractivity contribution is 0.0360. The number of aromatic nitrogens is 2. The van der Waals surface area contributed by atoms with Gasteiger partial charge in [-0.05, 0) is 37.5 Å². The maximum atomic E-state index is 13.3. The minimum absolute atomic E-state index is 0.0543. The van der Waals surface area contributed by atoms with Crippen LogP contribution in [0.3, 0.4) is 0 Å². The Morgan fingerprint density at radius 2 is 1.90 bits per heavy atom. The molecule has 1 aliphatic heterocycles. The fourth-order valence-electron chi connectivity index (χ4n) is 3.96. The molecule has 6 heteroatoms. The van der Waals surface area contributed by atoms with Gasteiger partial charge in [0.2, 0.25) is 0 Å². The molecule has 29 heavy (non-hydrogen) atoms. The summed E-state index contributed by atoms with van der Waals surface area (Å²) in [5.74, 6) is -0.0866. The zero-order valence-electron chi connectivity index (χ0n) is 17.1. The molecule has 1 unspecified atom stereocenters. The number of amides is 1. The zero-order chi connectivity index (χ0) is 20.2. The summed E-state index contributed by atoms with van der Waals surface area (Å²) in [6, 6.07) is 14.1. The summed E-state index contributed by atoms with van der Waals surface area (Å²) in [6.45, 7) is 8.28. The summed E-state index contributed by atoms with van der Waals surface area (Å²) in [5.41, 5.74) is 4.37. The Kier molecular flexibility index (Phi) is 5.92. The van der Waals surface area contributed by atoms with Crippen molar-refractivity contribution in [3.05, 3.63) is 71.2 Å². The quantitative estimate of drug-likeness (QED) is 0.700. The first kappa shape index (κ1) is 19.6. The summed E-state index contributed by atoms with van der Waals surface area (Å²) in [5, 5.41) is 3.27. The SMILES string of the molecule is Cc1nc2c(C)cccn2c1C(=O)NC(CCN1CCOCC1)c1ccccc1. The van der Waals surface area contributed by atoms with E-state index in [0.29, 0.717) is 5.69 Å². The van der Waals surface area contributed by atoms with Crippen molar-refractivity contribution in [1.82, 2.24) is 19.6 Å². The van der Waals surface area contributed by atoms with Crippen molar-refractivity contribution in [1.29, 1.82) is 0 Å². The highest BCUT2D eigenvalue weighted by Gasteiger charge is 2.22. The molecule has 3 aromatic rings. The Balaban J connectivity index is 1.56. The molecule has 1 N–H and O–H groups in total. The van der Waals surface area contributed by atoms with Crippen molar-refractivity contribution in [2.75, 3.05) is 32.8 Å². The van der Waals surface area contributed by atoms with Crippen molar-refractivity contribution in [2.24, 2.45) is 0 Å². The molecule has 0 bridgehead atoms. The lowest BCUT2D eigenvalue weighted by Gasteiger charge is -2.28. The molecule has 1 atom stereocenters. The highest BCUT2D eigenvalue weighted by atomic mass is 16.5. The van der Waals surface area contributed by atoms with Gasteiger partial charge in [-0.3, -0.25) is 14.1 Å². The summed E-state index contributed by atoms with van der Waals surface area (Å²) in [7, 11) is 0. The largest absolute Gasteiger partial charge is 0.379 e.